The van der Waals surface area contributed by atoms with Crippen LogP contribution in [0.5, 0.6) is 5.75 Å². The number of fused-ring (bicyclic) bond motifs is 1. The van der Waals surface area contributed by atoms with Crippen molar-refractivity contribution in [1.29, 1.82) is 0 Å². The number of anilines is 2. The van der Waals surface area contributed by atoms with Crippen molar-refractivity contribution in [3.05, 3.63) is 156 Å². The Balaban J connectivity index is 1.51. The molecule has 1 amide bonds. The van der Waals surface area contributed by atoms with Crippen LogP contribution in [-0.4, -0.2) is 21.6 Å². The van der Waals surface area contributed by atoms with Crippen LogP contribution >= 0.6 is 0 Å². The first-order valence-corrected chi connectivity index (χ1v) is 13.2. The van der Waals surface area contributed by atoms with E-state index in [2.05, 4.69) is 0 Å². The third-order valence-corrected chi connectivity index (χ3v) is 6.88. The number of amides is 1. The highest BCUT2D eigenvalue weighted by Crippen LogP contribution is 2.34. The molecule has 6 nitrogen and oxygen atoms in total. The van der Waals surface area contributed by atoms with Gasteiger partial charge < -0.3 is 14.4 Å². The van der Waals surface area contributed by atoms with Gasteiger partial charge in [-0.05, 0) is 54.1 Å². The molecular formula is C35H26N2O4. The maximum absolute atomic E-state index is 14.4. The molecule has 0 aliphatic rings. The lowest BCUT2D eigenvalue weighted by molar-refractivity contribution is 0.0696. The highest BCUT2D eigenvalue weighted by atomic mass is 16.5. The molecule has 6 aromatic rings. The Morgan fingerprint density at radius 1 is 0.683 bits per heavy atom. The summed E-state index contributed by atoms with van der Waals surface area (Å²) >= 11 is 0. The monoisotopic (exact) mass is 538 g/mol. The number of carboxylic acids is 1. The molecule has 200 valence electrons. The quantitative estimate of drug-likeness (QED) is 0.214. The summed E-state index contributed by atoms with van der Waals surface area (Å²) in [7, 11) is 0. The van der Waals surface area contributed by atoms with E-state index >= 15 is 0 Å². The number of aromatic carboxylic acids is 1. The maximum atomic E-state index is 14.4. The van der Waals surface area contributed by atoms with Gasteiger partial charge in [0.2, 0.25) is 0 Å². The van der Waals surface area contributed by atoms with Crippen molar-refractivity contribution in [2.24, 2.45) is 0 Å². The van der Waals surface area contributed by atoms with Crippen LogP contribution in [0.2, 0.25) is 0 Å². The van der Waals surface area contributed by atoms with Gasteiger partial charge in [0.1, 0.15) is 12.4 Å². The third-order valence-electron chi connectivity index (χ3n) is 6.88. The van der Waals surface area contributed by atoms with E-state index in [0.717, 1.165) is 16.9 Å². The standard InChI is InChI=1S/C35H26N2O4/c38-34(37(26-14-6-2-7-15-26)27-16-8-3-9-17-27)31-23-36(32-19-11-10-18-30(32)35(39)40)33-22-28(20-21-29(31)33)41-24-25-12-4-1-5-13-25/h1-23H,24H2,(H,39,40). The van der Waals surface area contributed by atoms with Crippen molar-refractivity contribution in [1.82, 2.24) is 4.57 Å². The second kappa shape index (κ2) is 11.2. The minimum Gasteiger partial charge on any atom is -0.489 e. The van der Waals surface area contributed by atoms with Crippen LogP contribution in [-0.2, 0) is 6.61 Å². The molecule has 5 aromatic carbocycles. The summed E-state index contributed by atoms with van der Waals surface area (Å²) in [5.41, 5.74) is 4.14. The molecule has 0 spiro atoms. The normalized spacial score (nSPS) is 10.8. The van der Waals surface area contributed by atoms with Gasteiger partial charge in [-0.2, -0.15) is 0 Å². The fourth-order valence-corrected chi connectivity index (χ4v) is 4.93. The molecule has 6 heteroatoms. The number of carbonyl (C=O) groups is 2. The summed E-state index contributed by atoms with van der Waals surface area (Å²) < 4.78 is 7.86. The lowest BCUT2D eigenvalue weighted by Crippen LogP contribution is -2.25. The Labute approximate surface area is 237 Å². The SMILES string of the molecule is O=C(O)c1ccccc1-n1cc(C(=O)N(c2ccccc2)c2ccccc2)c2ccc(OCc3ccccc3)cc21. The van der Waals surface area contributed by atoms with Gasteiger partial charge in [0.05, 0.1) is 22.3 Å². The van der Waals surface area contributed by atoms with Crippen molar-refractivity contribution < 1.29 is 19.4 Å². The molecule has 0 bridgehead atoms. The molecule has 0 atom stereocenters. The summed E-state index contributed by atoms with van der Waals surface area (Å²) in [6.45, 7) is 0.375. The molecule has 0 saturated carbocycles. The van der Waals surface area contributed by atoms with Gasteiger partial charge in [-0.3, -0.25) is 9.69 Å². The highest BCUT2D eigenvalue weighted by molar-refractivity contribution is 6.17. The molecule has 0 radical (unpaired) electrons. The minimum atomic E-state index is -1.05. The summed E-state index contributed by atoms with van der Waals surface area (Å²) in [5, 5.41) is 10.6. The Morgan fingerprint density at radius 2 is 1.27 bits per heavy atom. The summed E-state index contributed by atoms with van der Waals surface area (Å²) in [6, 6.07) is 41.1. The van der Waals surface area contributed by atoms with E-state index in [9.17, 15) is 14.7 Å². The molecule has 0 saturated heterocycles. The maximum Gasteiger partial charge on any atom is 0.337 e. The van der Waals surface area contributed by atoms with Crippen LogP contribution in [0, 0.1) is 0 Å². The predicted molar refractivity (Wildman–Crippen MR) is 160 cm³/mol. The van der Waals surface area contributed by atoms with Crippen LogP contribution in [0.25, 0.3) is 16.6 Å². The number of carboxylic acid groups (broad SMARTS) is 1. The number of carbonyl (C=O) groups excluding carboxylic acids is 1. The summed E-state index contributed by atoms with van der Waals surface area (Å²) in [5.74, 6) is -0.686. The fourth-order valence-electron chi connectivity index (χ4n) is 4.93. The zero-order chi connectivity index (χ0) is 28.2. The van der Waals surface area contributed by atoms with Gasteiger partial charge in [0, 0.05) is 29.0 Å². The minimum absolute atomic E-state index is 0.127. The van der Waals surface area contributed by atoms with E-state index in [1.54, 1.807) is 39.9 Å². The van der Waals surface area contributed by atoms with Crippen molar-refractivity contribution in [2.75, 3.05) is 4.90 Å². The zero-order valence-electron chi connectivity index (χ0n) is 22.1. The van der Waals surface area contributed by atoms with Crippen molar-refractivity contribution >= 4 is 34.2 Å². The van der Waals surface area contributed by atoms with Gasteiger partial charge in [0.25, 0.3) is 5.91 Å². The Bertz CT molecular complexity index is 1790. The number of ether oxygens (including phenoxy) is 1. The molecule has 1 aromatic heterocycles. The number of rotatable bonds is 8. The first-order valence-electron chi connectivity index (χ1n) is 13.2. The van der Waals surface area contributed by atoms with E-state index in [4.69, 9.17) is 4.74 Å². The van der Waals surface area contributed by atoms with E-state index < -0.39 is 5.97 Å². The van der Waals surface area contributed by atoms with Crippen molar-refractivity contribution in [3.63, 3.8) is 0 Å². The Kier molecular flexibility index (Phi) is 7.03. The van der Waals surface area contributed by atoms with Crippen LogP contribution < -0.4 is 9.64 Å². The second-order valence-electron chi connectivity index (χ2n) is 9.50. The smallest absolute Gasteiger partial charge is 0.337 e. The number of benzene rings is 5. The molecule has 0 fully saturated rings. The van der Waals surface area contributed by atoms with Gasteiger partial charge in [0.15, 0.2) is 0 Å². The first-order chi connectivity index (χ1) is 20.1. The van der Waals surface area contributed by atoms with Crippen LogP contribution in [0.1, 0.15) is 26.3 Å². The molecule has 0 aliphatic carbocycles. The predicted octanol–water partition coefficient (Wildman–Crippen LogP) is 7.89. The topological polar surface area (TPSA) is 71.8 Å². The number of hydrogen-bond donors (Lipinski definition) is 1. The first kappa shape index (κ1) is 25.6. The molecule has 1 heterocycles. The summed E-state index contributed by atoms with van der Waals surface area (Å²) in [6.07, 6.45) is 1.72. The number of para-hydroxylation sites is 3. The highest BCUT2D eigenvalue weighted by Gasteiger charge is 2.25. The molecule has 0 unspecified atom stereocenters. The van der Waals surface area contributed by atoms with Gasteiger partial charge in [-0.15, -0.1) is 0 Å². The molecule has 1 N–H and O–H groups in total. The van der Waals surface area contributed by atoms with E-state index in [-0.39, 0.29) is 11.5 Å². The van der Waals surface area contributed by atoms with Crippen LogP contribution in [0.4, 0.5) is 11.4 Å². The average molecular weight is 539 g/mol. The van der Waals surface area contributed by atoms with E-state index in [1.807, 2.05) is 109 Å². The third kappa shape index (κ3) is 5.18. The van der Waals surface area contributed by atoms with Crippen LogP contribution in [0.3, 0.4) is 0 Å². The average Bonchev–Trinajstić information content (AvgIpc) is 3.40. The Morgan fingerprint density at radius 3 is 1.90 bits per heavy atom. The zero-order valence-corrected chi connectivity index (χ0v) is 22.1. The lowest BCUT2D eigenvalue weighted by Gasteiger charge is -2.23. The van der Waals surface area contributed by atoms with E-state index in [1.165, 1.54) is 0 Å². The molecular weight excluding hydrogens is 512 g/mol. The Hall–Kier alpha value is -5.62. The number of nitrogens with zero attached hydrogens (tertiary/aromatic N) is 2. The van der Waals surface area contributed by atoms with Gasteiger partial charge in [-0.1, -0.05) is 78.9 Å². The molecule has 0 aliphatic heterocycles. The summed E-state index contributed by atoms with van der Waals surface area (Å²) in [4.78, 5) is 28.2. The lowest BCUT2D eigenvalue weighted by atomic mass is 10.1. The van der Waals surface area contributed by atoms with Crippen LogP contribution in [0.15, 0.2) is 140 Å². The van der Waals surface area contributed by atoms with Gasteiger partial charge in [-0.25, -0.2) is 4.79 Å². The molecule has 41 heavy (non-hydrogen) atoms. The van der Waals surface area contributed by atoms with Gasteiger partial charge >= 0.3 is 5.97 Å². The van der Waals surface area contributed by atoms with E-state index in [0.29, 0.717) is 34.5 Å². The number of hydrogen-bond acceptors (Lipinski definition) is 3. The second-order valence-corrected chi connectivity index (χ2v) is 9.50. The van der Waals surface area contributed by atoms with Crippen molar-refractivity contribution in [2.45, 2.75) is 6.61 Å². The number of aromatic nitrogens is 1. The molecule has 6 rings (SSSR count). The fraction of sp³-hybridized carbons (Fsp3) is 0.0286. The largest absolute Gasteiger partial charge is 0.489 e. The van der Waals surface area contributed by atoms with Crippen molar-refractivity contribution in [3.8, 4) is 11.4 Å².